The van der Waals surface area contributed by atoms with Crippen molar-refractivity contribution in [3.8, 4) is 0 Å². The third-order valence-electron chi connectivity index (χ3n) is 3.05. The van der Waals surface area contributed by atoms with Gasteiger partial charge in [0.2, 0.25) is 0 Å². The Labute approximate surface area is 137 Å². The molecule has 2 rings (SSSR count). The molecule has 0 heterocycles. The Kier molecular flexibility index (Phi) is 5.85. The predicted octanol–water partition coefficient (Wildman–Crippen LogP) is 4.95. The van der Waals surface area contributed by atoms with Gasteiger partial charge in [0.25, 0.3) is 0 Å². The van der Waals surface area contributed by atoms with Crippen LogP contribution in [-0.2, 0) is 6.42 Å². The molecular formula is C16H17BrIN. The lowest BCUT2D eigenvalue weighted by molar-refractivity contribution is 0.549. The maximum Gasteiger partial charge on any atom is 0.0361 e. The number of rotatable bonds is 5. The van der Waals surface area contributed by atoms with Gasteiger partial charge in [-0.2, -0.15) is 0 Å². The fourth-order valence-corrected chi connectivity index (χ4v) is 2.91. The molecule has 0 amide bonds. The van der Waals surface area contributed by atoms with Crippen molar-refractivity contribution in [3.05, 3.63) is 67.7 Å². The third kappa shape index (κ3) is 4.58. The number of halogens is 2. The number of nitrogens with one attached hydrogen (secondary N) is 1. The Balaban J connectivity index is 2.18. The van der Waals surface area contributed by atoms with Crippen molar-refractivity contribution in [2.75, 3.05) is 6.54 Å². The van der Waals surface area contributed by atoms with Crippen LogP contribution in [0.2, 0.25) is 0 Å². The van der Waals surface area contributed by atoms with Crippen LogP contribution in [0.3, 0.4) is 0 Å². The van der Waals surface area contributed by atoms with Crippen LogP contribution in [-0.4, -0.2) is 6.54 Å². The first-order valence-electron chi connectivity index (χ1n) is 6.42. The zero-order valence-corrected chi connectivity index (χ0v) is 14.6. The first-order valence-corrected chi connectivity index (χ1v) is 8.29. The van der Waals surface area contributed by atoms with E-state index < -0.39 is 0 Å². The van der Waals surface area contributed by atoms with E-state index in [2.05, 4.69) is 99.3 Å². The fraction of sp³-hybridized carbons (Fsp3) is 0.250. The highest BCUT2D eigenvalue weighted by atomic mass is 127. The summed E-state index contributed by atoms with van der Waals surface area (Å²) in [4.78, 5) is 0. The van der Waals surface area contributed by atoms with Crippen molar-refractivity contribution in [2.45, 2.75) is 19.4 Å². The zero-order chi connectivity index (χ0) is 13.7. The lowest BCUT2D eigenvalue weighted by Crippen LogP contribution is -2.22. The molecule has 0 radical (unpaired) electrons. The van der Waals surface area contributed by atoms with Crippen LogP contribution >= 0.6 is 38.5 Å². The van der Waals surface area contributed by atoms with Crippen LogP contribution in [0.15, 0.2) is 53.0 Å². The molecule has 0 spiro atoms. The Hall–Kier alpha value is -0.390. The molecule has 2 aromatic rings. The molecule has 2 aromatic carbocycles. The van der Waals surface area contributed by atoms with E-state index in [1.807, 2.05) is 0 Å². The molecule has 0 saturated heterocycles. The largest absolute Gasteiger partial charge is 0.310 e. The molecule has 0 aromatic heterocycles. The van der Waals surface area contributed by atoms with Gasteiger partial charge < -0.3 is 5.32 Å². The van der Waals surface area contributed by atoms with Crippen molar-refractivity contribution >= 4 is 38.5 Å². The van der Waals surface area contributed by atoms with Crippen LogP contribution in [0.5, 0.6) is 0 Å². The normalized spacial score (nSPS) is 12.4. The molecule has 1 N–H and O–H groups in total. The molecule has 0 saturated carbocycles. The Morgan fingerprint density at radius 1 is 1.16 bits per heavy atom. The Bertz CT molecular complexity index is 525. The van der Waals surface area contributed by atoms with Gasteiger partial charge in [-0.25, -0.2) is 0 Å². The molecule has 19 heavy (non-hydrogen) atoms. The van der Waals surface area contributed by atoms with Gasteiger partial charge in [0, 0.05) is 14.1 Å². The monoisotopic (exact) mass is 429 g/mol. The summed E-state index contributed by atoms with van der Waals surface area (Å²) in [5.41, 5.74) is 2.70. The first-order chi connectivity index (χ1) is 9.19. The molecule has 3 heteroatoms. The quantitative estimate of drug-likeness (QED) is 0.663. The summed E-state index contributed by atoms with van der Waals surface area (Å²) in [6.45, 7) is 3.13. The molecule has 0 fully saturated rings. The highest BCUT2D eigenvalue weighted by Gasteiger charge is 2.11. The van der Waals surface area contributed by atoms with Gasteiger partial charge >= 0.3 is 0 Å². The summed E-state index contributed by atoms with van der Waals surface area (Å²) < 4.78 is 2.42. The SMILES string of the molecule is CCNC(Cc1ccc(I)cc1)c1cccc(Br)c1. The van der Waals surface area contributed by atoms with Crippen LogP contribution in [0.25, 0.3) is 0 Å². The van der Waals surface area contributed by atoms with E-state index in [-0.39, 0.29) is 0 Å². The number of hydrogen-bond donors (Lipinski definition) is 1. The highest BCUT2D eigenvalue weighted by molar-refractivity contribution is 14.1. The van der Waals surface area contributed by atoms with Gasteiger partial charge in [0.05, 0.1) is 0 Å². The predicted molar refractivity (Wildman–Crippen MR) is 93.4 cm³/mol. The minimum atomic E-state index is 0.363. The van der Waals surface area contributed by atoms with E-state index in [4.69, 9.17) is 0 Å². The third-order valence-corrected chi connectivity index (χ3v) is 4.27. The second-order valence-electron chi connectivity index (χ2n) is 4.50. The molecule has 0 bridgehead atoms. The van der Waals surface area contributed by atoms with E-state index in [1.165, 1.54) is 14.7 Å². The average Bonchev–Trinajstić information content (AvgIpc) is 2.41. The lowest BCUT2D eigenvalue weighted by Gasteiger charge is -2.19. The smallest absolute Gasteiger partial charge is 0.0361 e. The van der Waals surface area contributed by atoms with Crippen LogP contribution in [0, 0.1) is 3.57 Å². The summed E-state index contributed by atoms with van der Waals surface area (Å²) in [6, 6.07) is 17.7. The molecular weight excluding hydrogens is 413 g/mol. The van der Waals surface area contributed by atoms with Crippen molar-refractivity contribution in [1.82, 2.24) is 5.32 Å². The van der Waals surface area contributed by atoms with Gasteiger partial charge in [-0.3, -0.25) is 0 Å². The minimum Gasteiger partial charge on any atom is -0.310 e. The zero-order valence-electron chi connectivity index (χ0n) is 10.9. The fourth-order valence-electron chi connectivity index (χ4n) is 2.13. The molecule has 0 aliphatic rings. The van der Waals surface area contributed by atoms with Gasteiger partial charge in [0.15, 0.2) is 0 Å². The Morgan fingerprint density at radius 2 is 1.89 bits per heavy atom. The molecule has 1 atom stereocenters. The second-order valence-corrected chi connectivity index (χ2v) is 6.66. The topological polar surface area (TPSA) is 12.0 Å². The maximum absolute atomic E-state index is 3.57. The molecule has 0 aliphatic carbocycles. The summed E-state index contributed by atoms with van der Waals surface area (Å²) in [5, 5.41) is 3.57. The second kappa shape index (κ2) is 7.41. The molecule has 0 aliphatic heterocycles. The van der Waals surface area contributed by atoms with E-state index in [9.17, 15) is 0 Å². The van der Waals surface area contributed by atoms with Crippen molar-refractivity contribution in [3.63, 3.8) is 0 Å². The van der Waals surface area contributed by atoms with Crippen LogP contribution in [0.1, 0.15) is 24.1 Å². The van der Waals surface area contributed by atoms with Crippen molar-refractivity contribution < 1.29 is 0 Å². The number of hydrogen-bond acceptors (Lipinski definition) is 1. The van der Waals surface area contributed by atoms with E-state index in [1.54, 1.807) is 0 Å². The number of likely N-dealkylation sites (N-methyl/N-ethyl adjacent to an activating group) is 1. The van der Waals surface area contributed by atoms with Gasteiger partial charge in [0.1, 0.15) is 0 Å². The van der Waals surface area contributed by atoms with Gasteiger partial charge in [-0.15, -0.1) is 0 Å². The summed E-state index contributed by atoms with van der Waals surface area (Å²) in [7, 11) is 0. The van der Waals surface area contributed by atoms with Gasteiger partial charge in [-0.05, 0) is 70.9 Å². The van der Waals surface area contributed by atoms with Crippen LogP contribution < -0.4 is 5.32 Å². The van der Waals surface area contributed by atoms with Crippen molar-refractivity contribution in [2.24, 2.45) is 0 Å². The van der Waals surface area contributed by atoms with Crippen molar-refractivity contribution in [1.29, 1.82) is 0 Å². The first kappa shape index (κ1) is 15.0. The average molecular weight is 430 g/mol. The summed E-state index contributed by atoms with van der Waals surface area (Å²) in [6.07, 6.45) is 1.02. The molecule has 1 nitrogen and oxygen atoms in total. The minimum absolute atomic E-state index is 0.363. The highest BCUT2D eigenvalue weighted by Crippen LogP contribution is 2.22. The maximum atomic E-state index is 3.57. The summed E-state index contributed by atoms with van der Waals surface area (Å²) >= 11 is 5.89. The lowest BCUT2D eigenvalue weighted by atomic mass is 9.99. The number of benzene rings is 2. The summed E-state index contributed by atoms with van der Waals surface area (Å²) in [5.74, 6) is 0. The van der Waals surface area contributed by atoms with E-state index in [0.717, 1.165) is 17.4 Å². The molecule has 100 valence electrons. The Morgan fingerprint density at radius 3 is 2.53 bits per heavy atom. The standard InChI is InChI=1S/C16H17BrIN/c1-2-19-16(13-4-3-5-14(17)11-13)10-12-6-8-15(18)9-7-12/h3-9,11,16,19H,2,10H2,1H3. The van der Waals surface area contributed by atoms with Crippen LogP contribution in [0.4, 0.5) is 0 Å². The molecule has 1 unspecified atom stereocenters. The van der Waals surface area contributed by atoms with E-state index in [0.29, 0.717) is 6.04 Å². The van der Waals surface area contributed by atoms with Gasteiger partial charge in [-0.1, -0.05) is 47.1 Å². The van der Waals surface area contributed by atoms with E-state index >= 15 is 0 Å².